The van der Waals surface area contributed by atoms with Gasteiger partial charge in [-0.1, -0.05) is 25.0 Å². The van der Waals surface area contributed by atoms with Crippen molar-refractivity contribution in [3.05, 3.63) is 24.3 Å². The molecule has 1 aromatic rings. The van der Waals surface area contributed by atoms with E-state index in [1.807, 2.05) is 18.2 Å². The largest absolute Gasteiger partial charge is 0.491 e. The summed E-state index contributed by atoms with van der Waals surface area (Å²) in [6, 6.07) is 8.17. The summed E-state index contributed by atoms with van der Waals surface area (Å²) in [5.74, 6) is 0.995. The van der Waals surface area contributed by atoms with Crippen molar-refractivity contribution in [3.8, 4) is 5.75 Å². The number of nitrogens with one attached hydrogen (secondary N) is 1. The first-order chi connectivity index (χ1) is 6.97. The number of para-hydroxylation sites is 2. The van der Waals surface area contributed by atoms with Gasteiger partial charge in [-0.3, -0.25) is 0 Å². The van der Waals surface area contributed by atoms with Gasteiger partial charge < -0.3 is 10.1 Å². The van der Waals surface area contributed by atoms with Crippen LogP contribution in [0.1, 0.15) is 25.7 Å². The fourth-order valence-corrected chi connectivity index (χ4v) is 1.72. The molecule has 76 valence electrons. The van der Waals surface area contributed by atoms with E-state index in [2.05, 4.69) is 11.4 Å². The van der Waals surface area contributed by atoms with Crippen LogP contribution < -0.4 is 10.1 Å². The first-order valence-electron chi connectivity index (χ1n) is 5.42. The average molecular weight is 191 g/mol. The van der Waals surface area contributed by atoms with Crippen molar-refractivity contribution in [1.29, 1.82) is 0 Å². The Kier molecular flexibility index (Phi) is 3.28. The van der Waals surface area contributed by atoms with Gasteiger partial charge >= 0.3 is 0 Å². The van der Waals surface area contributed by atoms with E-state index in [9.17, 15) is 0 Å². The Labute approximate surface area is 85.3 Å². The molecule has 0 unspecified atom stereocenters. The van der Waals surface area contributed by atoms with Crippen LogP contribution in [-0.4, -0.2) is 13.2 Å². The molecule has 1 N–H and O–H groups in total. The molecule has 0 fully saturated rings. The summed E-state index contributed by atoms with van der Waals surface area (Å²) in [4.78, 5) is 0. The monoisotopic (exact) mass is 191 g/mol. The van der Waals surface area contributed by atoms with E-state index in [0.29, 0.717) is 0 Å². The number of anilines is 1. The molecule has 0 bridgehead atoms. The number of rotatable bonds is 0. The highest BCUT2D eigenvalue weighted by Crippen LogP contribution is 2.24. The van der Waals surface area contributed by atoms with E-state index >= 15 is 0 Å². The molecule has 0 spiro atoms. The van der Waals surface area contributed by atoms with Crippen LogP contribution >= 0.6 is 0 Å². The molecule has 2 rings (SSSR count). The lowest BCUT2D eigenvalue weighted by atomic mass is 10.2. The zero-order chi connectivity index (χ0) is 9.64. The van der Waals surface area contributed by atoms with Crippen molar-refractivity contribution >= 4 is 5.69 Å². The minimum atomic E-state index is 0.846. The Morgan fingerprint density at radius 1 is 1.00 bits per heavy atom. The van der Waals surface area contributed by atoms with E-state index in [4.69, 9.17) is 4.74 Å². The van der Waals surface area contributed by atoms with Crippen LogP contribution in [0.15, 0.2) is 24.3 Å². The predicted molar refractivity (Wildman–Crippen MR) is 58.9 cm³/mol. The maximum absolute atomic E-state index is 5.70. The van der Waals surface area contributed by atoms with Gasteiger partial charge in [-0.15, -0.1) is 0 Å². The lowest BCUT2D eigenvalue weighted by molar-refractivity contribution is 0.304. The molecule has 0 amide bonds. The van der Waals surface area contributed by atoms with Crippen molar-refractivity contribution in [2.24, 2.45) is 0 Å². The van der Waals surface area contributed by atoms with Crippen LogP contribution in [-0.2, 0) is 0 Å². The van der Waals surface area contributed by atoms with Crippen LogP contribution in [0.3, 0.4) is 0 Å². The maximum atomic E-state index is 5.70. The fraction of sp³-hybridized carbons (Fsp3) is 0.500. The van der Waals surface area contributed by atoms with Crippen molar-refractivity contribution in [3.63, 3.8) is 0 Å². The molecule has 0 saturated heterocycles. The second-order valence-corrected chi connectivity index (χ2v) is 3.69. The molecule has 0 atom stereocenters. The van der Waals surface area contributed by atoms with Gasteiger partial charge in [-0.05, 0) is 25.0 Å². The Hall–Kier alpha value is -1.18. The quantitative estimate of drug-likeness (QED) is 0.680. The summed E-state index contributed by atoms with van der Waals surface area (Å²) < 4.78 is 5.70. The third-order valence-corrected chi connectivity index (χ3v) is 2.53. The van der Waals surface area contributed by atoms with Crippen molar-refractivity contribution in [2.75, 3.05) is 18.5 Å². The summed E-state index contributed by atoms with van der Waals surface area (Å²) in [6.45, 7) is 1.90. The molecule has 14 heavy (non-hydrogen) atoms. The summed E-state index contributed by atoms with van der Waals surface area (Å²) in [6.07, 6.45) is 5.02. The van der Waals surface area contributed by atoms with Gasteiger partial charge in [-0.2, -0.15) is 0 Å². The second kappa shape index (κ2) is 4.89. The topological polar surface area (TPSA) is 21.3 Å². The van der Waals surface area contributed by atoms with Crippen LogP contribution in [0, 0.1) is 0 Å². The molecule has 1 aliphatic heterocycles. The van der Waals surface area contributed by atoms with Crippen molar-refractivity contribution in [1.82, 2.24) is 0 Å². The van der Waals surface area contributed by atoms with Gasteiger partial charge in [0.2, 0.25) is 0 Å². The number of hydrogen-bond donors (Lipinski definition) is 1. The zero-order valence-corrected chi connectivity index (χ0v) is 8.46. The van der Waals surface area contributed by atoms with Gasteiger partial charge in [0.25, 0.3) is 0 Å². The van der Waals surface area contributed by atoms with Crippen LogP contribution in [0.4, 0.5) is 5.69 Å². The number of ether oxygens (including phenoxy) is 1. The summed E-state index contributed by atoms with van der Waals surface area (Å²) >= 11 is 0. The Balaban J connectivity index is 2.10. The molecule has 1 heterocycles. The Morgan fingerprint density at radius 3 is 2.86 bits per heavy atom. The lowest BCUT2D eigenvalue weighted by Crippen LogP contribution is -2.07. The van der Waals surface area contributed by atoms with Crippen LogP contribution in [0.5, 0.6) is 5.75 Å². The van der Waals surface area contributed by atoms with E-state index in [-0.39, 0.29) is 0 Å². The Bertz CT molecular complexity index is 256. The third kappa shape index (κ3) is 2.41. The van der Waals surface area contributed by atoms with Crippen molar-refractivity contribution < 1.29 is 4.74 Å². The molecule has 0 aromatic heterocycles. The van der Waals surface area contributed by atoms with E-state index < -0.39 is 0 Å². The smallest absolute Gasteiger partial charge is 0.142 e. The SMILES string of the molecule is c1ccc2c(c1)NCCCCCCO2. The van der Waals surface area contributed by atoms with Gasteiger partial charge in [0.05, 0.1) is 12.3 Å². The minimum absolute atomic E-state index is 0.846. The first-order valence-corrected chi connectivity index (χ1v) is 5.42. The molecule has 2 heteroatoms. The molecular formula is C12H17NO. The van der Waals surface area contributed by atoms with E-state index in [1.54, 1.807) is 0 Å². The van der Waals surface area contributed by atoms with Gasteiger partial charge in [0.1, 0.15) is 5.75 Å². The highest BCUT2D eigenvalue weighted by molar-refractivity contribution is 5.56. The molecule has 0 radical (unpaired) electrons. The van der Waals surface area contributed by atoms with Crippen LogP contribution in [0.25, 0.3) is 0 Å². The molecular weight excluding hydrogens is 174 g/mol. The molecule has 0 saturated carbocycles. The van der Waals surface area contributed by atoms with Crippen molar-refractivity contribution in [2.45, 2.75) is 25.7 Å². The number of fused-ring (bicyclic) bond motifs is 1. The normalized spacial score (nSPS) is 17.4. The maximum Gasteiger partial charge on any atom is 0.142 e. The fourth-order valence-electron chi connectivity index (χ4n) is 1.72. The second-order valence-electron chi connectivity index (χ2n) is 3.69. The summed E-state index contributed by atoms with van der Waals surface area (Å²) in [5, 5.41) is 3.41. The van der Waals surface area contributed by atoms with E-state index in [0.717, 1.165) is 24.6 Å². The first kappa shape index (κ1) is 9.38. The average Bonchev–Trinajstić information content (AvgIpc) is 2.25. The molecule has 2 nitrogen and oxygen atoms in total. The molecule has 1 aromatic carbocycles. The zero-order valence-electron chi connectivity index (χ0n) is 8.46. The number of benzene rings is 1. The highest BCUT2D eigenvalue weighted by atomic mass is 16.5. The van der Waals surface area contributed by atoms with Gasteiger partial charge in [0, 0.05) is 6.54 Å². The highest BCUT2D eigenvalue weighted by Gasteiger charge is 2.03. The molecule has 1 aliphatic rings. The van der Waals surface area contributed by atoms with Gasteiger partial charge in [0.15, 0.2) is 0 Å². The number of hydrogen-bond acceptors (Lipinski definition) is 2. The predicted octanol–water partition coefficient (Wildman–Crippen LogP) is 3.05. The van der Waals surface area contributed by atoms with E-state index in [1.165, 1.54) is 25.7 Å². The summed E-state index contributed by atoms with van der Waals surface area (Å²) in [5.41, 5.74) is 1.13. The standard InChI is InChI=1S/C12H17NO/c1-2-6-10-14-12-8-4-3-7-11(12)13-9-5-1/h3-4,7-8,13H,1-2,5-6,9-10H2. The summed E-state index contributed by atoms with van der Waals surface area (Å²) in [7, 11) is 0. The van der Waals surface area contributed by atoms with Gasteiger partial charge in [-0.25, -0.2) is 0 Å². The van der Waals surface area contributed by atoms with Crippen LogP contribution in [0.2, 0.25) is 0 Å². The molecule has 0 aliphatic carbocycles. The lowest BCUT2D eigenvalue weighted by Gasteiger charge is -2.15. The Morgan fingerprint density at radius 2 is 1.86 bits per heavy atom. The third-order valence-electron chi connectivity index (χ3n) is 2.53. The minimum Gasteiger partial charge on any atom is -0.491 e.